The van der Waals surface area contributed by atoms with Crippen LogP contribution in [0.1, 0.15) is 38.3 Å². The molecule has 2 rings (SSSR count). The average Bonchev–Trinajstić information content (AvgIpc) is 2.50. The van der Waals surface area contributed by atoms with Crippen molar-refractivity contribution in [3.8, 4) is 5.75 Å². The highest BCUT2D eigenvalue weighted by Gasteiger charge is 2.22. The maximum absolute atomic E-state index is 10.4. The van der Waals surface area contributed by atoms with Crippen LogP contribution in [0.25, 0.3) is 10.8 Å². The summed E-state index contributed by atoms with van der Waals surface area (Å²) in [6.45, 7) is 4.30. The van der Waals surface area contributed by atoms with Crippen molar-refractivity contribution in [1.82, 2.24) is 0 Å². The van der Waals surface area contributed by atoms with Crippen LogP contribution < -0.4 is 10.5 Å². The predicted octanol–water partition coefficient (Wildman–Crippen LogP) is 3.65. The van der Waals surface area contributed by atoms with Crippen LogP contribution in [0.15, 0.2) is 36.4 Å². The first-order chi connectivity index (χ1) is 10.0. The maximum Gasteiger partial charge on any atom is 0.124 e. The van der Waals surface area contributed by atoms with E-state index in [0.717, 1.165) is 28.5 Å². The van der Waals surface area contributed by atoms with Gasteiger partial charge in [0.2, 0.25) is 0 Å². The molecule has 0 bridgehead atoms. The van der Waals surface area contributed by atoms with Crippen LogP contribution in [-0.4, -0.2) is 18.3 Å². The smallest absolute Gasteiger partial charge is 0.124 e. The molecular weight excluding hydrogens is 262 g/mol. The van der Waals surface area contributed by atoms with Gasteiger partial charge in [-0.2, -0.15) is 0 Å². The zero-order valence-electron chi connectivity index (χ0n) is 13.0. The Kier molecular flexibility index (Phi) is 5.21. The van der Waals surface area contributed by atoms with Crippen molar-refractivity contribution in [3.63, 3.8) is 0 Å². The van der Waals surface area contributed by atoms with E-state index in [1.165, 1.54) is 0 Å². The Labute approximate surface area is 126 Å². The third-order valence-corrected chi connectivity index (χ3v) is 3.94. The summed E-state index contributed by atoms with van der Waals surface area (Å²) in [6, 6.07) is 11.6. The van der Waals surface area contributed by atoms with Gasteiger partial charge in [0, 0.05) is 5.56 Å². The molecule has 2 aromatic rings. The highest BCUT2D eigenvalue weighted by Crippen LogP contribution is 2.34. The molecule has 0 saturated carbocycles. The van der Waals surface area contributed by atoms with Gasteiger partial charge in [0.25, 0.3) is 0 Å². The van der Waals surface area contributed by atoms with Crippen LogP contribution in [-0.2, 0) is 0 Å². The first-order valence-electron chi connectivity index (χ1n) is 7.54. The zero-order valence-corrected chi connectivity index (χ0v) is 13.0. The molecule has 3 heteroatoms. The second-order valence-corrected chi connectivity index (χ2v) is 5.97. The van der Waals surface area contributed by atoms with E-state index in [1.807, 2.05) is 36.4 Å². The summed E-state index contributed by atoms with van der Waals surface area (Å²) in [4.78, 5) is 0. The molecule has 0 heterocycles. The number of hydrogen-bond donors (Lipinski definition) is 2. The molecule has 114 valence electrons. The fraction of sp³-hybridized carbons (Fsp3) is 0.444. The van der Waals surface area contributed by atoms with Crippen LogP contribution in [0.3, 0.4) is 0 Å². The van der Waals surface area contributed by atoms with Crippen molar-refractivity contribution in [1.29, 1.82) is 0 Å². The molecule has 3 N–H and O–H groups in total. The summed E-state index contributed by atoms with van der Waals surface area (Å²) >= 11 is 0. The average molecular weight is 287 g/mol. The minimum absolute atomic E-state index is 0.440. The fourth-order valence-electron chi connectivity index (χ4n) is 2.67. The third kappa shape index (κ3) is 3.55. The van der Waals surface area contributed by atoms with Gasteiger partial charge in [0.05, 0.1) is 19.3 Å². The Hall–Kier alpha value is -1.58. The molecule has 0 aromatic heterocycles. The van der Waals surface area contributed by atoms with E-state index < -0.39 is 12.1 Å². The lowest BCUT2D eigenvalue weighted by molar-refractivity contribution is 0.127. The minimum Gasteiger partial charge on any atom is -0.496 e. The number of nitrogens with two attached hydrogens (primary N) is 1. The maximum atomic E-state index is 10.4. The van der Waals surface area contributed by atoms with Gasteiger partial charge in [-0.25, -0.2) is 0 Å². The Morgan fingerprint density at radius 2 is 1.81 bits per heavy atom. The Bertz CT molecular complexity index is 595. The van der Waals surface area contributed by atoms with Gasteiger partial charge in [-0.15, -0.1) is 0 Å². The van der Waals surface area contributed by atoms with Crippen LogP contribution in [0, 0.1) is 5.92 Å². The van der Waals surface area contributed by atoms with E-state index in [2.05, 4.69) is 13.8 Å². The minimum atomic E-state index is -0.563. The van der Waals surface area contributed by atoms with Crippen molar-refractivity contribution in [2.75, 3.05) is 7.11 Å². The number of hydrogen-bond acceptors (Lipinski definition) is 3. The first kappa shape index (κ1) is 15.8. The lowest BCUT2D eigenvalue weighted by Gasteiger charge is -2.23. The molecular formula is C18H25NO2. The molecule has 0 unspecified atom stereocenters. The van der Waals surface area contributed by atoms with E-state index in [4.69, 9.17) is 10.5 Å². The molecule has 2 aromatic carbocycles. The number of ether oxygens (including phenoxy) is 1. The number of rotatable bonds is 6. The Morgan fingerprint density at radius 3 is 2.48 bits per heavy atom. The summed E-state index contributed by atoms with van der Waals surface area (Å²) in [5.41, 5.74) is 7.23. The quantitative estimate of drug-likeness (QED) is 0.852. The molecule has 0 spiro atoms. The van der Waals surface area contributed by atoms with Crippen LogP contribution in [0.4, 0.5) is 0 Å². The van der Waals surface area contributed by atoms with E-state index in [0.29, 0.717) is 12.3 Å². The van der Waals surface area contributed by atoms with Gasteiger partial charge < -0.3 is 15.6 Å². The van der Waals surface area contributed by atoms with Crippen molar-refractivity contribution < 1.29 is 9.84 Å². The van der Waals surface area contributed by atoms with Crippen LogP contribution in [0.5, 0.6) is 5.75 Å². The van der Waals surface area contributed by atoms with Crippen molar-refractivity contribution in [2.45, 2.75) is 38.8 Å². The van der Waals surface area contributed by atoms with E-state index in [1.54, 1.807) is 7.11 Å². The molecule has 3 nitrogen and oxygen atoms in total. The third-order valence-electron chi connectivity index (χ3n) is 3.94. The summed E-state index contributed by atoms with van der Waals surface area (Å²) in [5, 5.41) is 12.6. The molecule has 0 aliphatic heterocycles. The highest BCUT2D eigenvalue weighted by molar-refractivity contribution is 5.88. The summed E-state index contributed by atoms with van der Waals surface area (Å²) < 4.78 is 5.46. The second kappa shape index (κ2) is 6.92. The molecule has 2 atom stereocenters. The lowest BCUT2D eigenvalue weighted by Crippen LogP contribution is -2.27. The van der Waals surface area contributed by atoms with E-state index in [9.17, 15) is 5.11 Å². The monoisotopic (exact) mass is 287 g/mol. The van der Waals surface area contributed by atoms with Gasteiger partial charge in [-0.1, -0.05) is 44.2 Å². The zero-order chi connectivity index (χ0) is 15.4. The van der Waals surface area contributed by atoms with Crippen molar-refractivity contribution in [3.05, 3.63) is 42.0 Å². The van der Waals surface area contributed by atoms with Gasteiger partial charge >= 0.3 is 0 Å². The van der Waals surface area contributed by atoms with Crippen LogP contribution >= 0.6 is 0 Å². The molecule has 0 aliphatic rings. The van der Waals surface area contributed by atoms with Gasteiger partial charge in [-0.3, -0.25) is 0 Å². The lowest BCUT2D eigenvalue weighted by atomic mass is 9.91. The highest BCUT2D eigenvalue weighted by atomic mass is 16.5. The molecule has 0 saturated heterocycles. The second-order valence-electron chi connectivity index (χ2n) is 5.97. The predicted molar refractivity (Wildman–Crippen MR) is 87.5 cm³/mol. The standard InChI is InChI=1S/C18H25NO2/c1-12(2)8-10-15(20)18(19)17-14-7-5-4-6-13(14)9-11-16(17)21-3/h4-7,9,11-12,15,18,20H,8,10,19H2,1-3H3/t15-,18-/m0/s1. The fourth-order valence-corrected chi connectivity index (χ4v) is 2.67. The normalized spacial score (nSPS) is 14.4. The van der Waals surface area contributed by atoms with Gasteiger partial charge in [-0.05, 0) is 35.6 Å². The number of benzene rings is 2. The Balaban J connectivity index is 2.38. The molecule has 0 fully saturated rings. The number of fused-ring (bicyclic) bond motifs is 1. The van der Waals surface area contributed by atoms with Crippen molar-refractivity contribution >= 4 is 10.8 Å². The molecule has 0 aliphatic carbocycles. The summed E-state index contributed by atoms with van der Waals surface area (Å²) in [6.07, 6.45) is 1.10. The van der Waals surface area contributed by atoms with Crippen molar-refractivity contribution in [2.24, 2.45) is 11.7 Å². The van der Waals surface area contributed by atoms with E-state index >= 15 is 0 Å². The van der Waals surface area contributed by atoms with Crippen LogP contribution in [0.2, 0.25) is 0 Å². The van der Waals surface area contributed by atoms with E-state index in [-0.39, 0.29) is 0 Å². The molecule has 0 radical (unpaired) electrons. The number of methoxy groups -OCH3 is 1. The molecule has 21 heavy (non-hydrogen) atoms. The first-order valence-corrected chi connectivity index (χ1v) is 7.54. The Morgan fingerprint density at radius 1 is 1.10 bits per heavy atom. The van der Waals surface area contributed by atoms with Gasteiger partial charge in [0.1, 0.15) is 5.75 Å². The summed E-state index contributed by atoms with van der Waals surface area (Å²) in [5.74, 6) is 1.30. The SMILES string of the molecule is COc1ccc2ccccc2c1[C@@H](N)[C@@H](O)CCC(C)C. The van der Waals surface area contributed by atoms with Gasteiger partial charge in [0.15, 0.2) is 0 Å². The number of aliphatic hydroxyl groups excluding tert-OH is 1. The number of aliphatic hydroxyl groups is 1. The topological polar surface area (TPSA) is 55.5 Å². The molecule has 0 amide bonds. The largest absolute Gasteiger partial charge is 0.496 e. The summed E-state index contributed by atoms with van der Waals surface area (Å²) in [7, 11) is 1.64.